The van der Waals surface area contributed by atoms with Gasteiger partial charge in [-0.3, -0.25) is 9.59 Å². The molecule has 6 heteroatoms. The van der Waals surface area contributed by atoms with Crippen LogP contribution in [0.5, 0.6) is 11.5 Å². The van der Waals surface area contributed by atoms with E-state index in [0.29, 0.717) is 32.0 Å². The van der Waals surface area contributed by atoms with Crippen molar-refractivity contribution in [2.45, 2.75) is 6.92 Å². The maximum absolute atomic E-state index is 12.2. The van der Waals surface area contributed by atoms with Gasteiger partial charge in [0.25, 0.3) is 5.91 Å². The molecule has 0 fully saturated rings. The number of Topliss-reactive ketones (excluding diaryl/α,β-unsaturated/α-hetero) is 1. The fourth-order valence-corrected chi connectivity index (χ4v) is 3.07. The lowest BCUT2D eigenvalue weighted by atomic mass is 10.3. The van der Waals surface area contributed by atoms with Gasteiger partial charge in [-0.2, -0.15) is 0 Å². The van der Waals surface area contributed by atoms with Crippen LogP contribution in [0.2, 0.25) is 5.02 Å². The first-order valence-corrected chi connectivity index (χ1v) is 8.67. The Morgan fingerprint density at radius 2 is 1.64 bits per heavy atom. The molecule has 1 aromatic heterocycles. The van der Waals surface area contributed by atoms with E-state index in [9.17, 15) is 9.59 Å². The molecule has 25 heavy (non-hydrogen) atoms. The monoisotopic (exact) mass is 371 g/mol. The number of nitrogens with one attached hydrogen (secondary N) is 1. The molecule has 0 saturated heterocycles. The van der Waals surface area contributed by atoms with E-state index in [0.717, 1.165) is 0 Å². The summed E-state index contributed by atoms with van der Waals surface area (Å²) in [6.07, 6.45) is 0. The fraction of sp³-hybridized carbons (Fsp3) is 0.0526. The highest BCUT2D eigenvalue weighted by Gasteiger charge is 2.11. The van der Waals surface area contributed by atoms with Crippen LogP contribution in [-0.2, 0) is 0 Å². The summed E-state index contributed by atoms with van der Waals surface area (Å²) in [6.45, 7) is 1.48. The van der Waals surface area contributed by atoms with E-state index in [1.165, 1.54) is 18.3 Å². The number of ether oxygens (including phenoxy) is 1. The van der Waals surface area contributed by atoms with Crippen LogP contribution in [0.4, 0.5) is 5.69 Å². The van der Waals surface area contributed by atoms with E-state index in [1.807, 2.05) is 12.1 Å². The Morgan fingerprint density at radius 1 is 0.960 bits per heavy atom. The Balaban J connectivity index is 1.67. The van der Waals surface area contributed by atoms with Crippen molar-refractivity contribution in [1.82, 2.24) is 0 Å². The molecule has 0 aliphatic heterocycles. The Labute approximate surface area is 154 Å². The second-order valence-corrected chi connectivity index (χ2v) is 6.72. The number of hydrogen-bond donors (Lipinski definition) is 1. The van der Waals surface area contributed by atoms with Gasteiger partial charge in [-0.05, 0) is 55.5 Å². The molecule has 0 atom stereocenters. The summed E-state index contributed by atoms with van der Waals surface area (Å²) in [6, 6.07) is 17.5. The first-order valence-electron chi connectivity index (χ1n) is 7.47. The molecule has 1 N–H and O–H groups in total. The summed E-state index contributed by atoms with van der Waals surface area (Å²) >= 11 is 7.24. The lowest BCUT2D eigenvalue weighted by Crippen LogP contribution is -2.09. The van der Waals surface area contributed by atoms with Crippen LogP contribution in [0, 0.1) is 0 Å². The predicted molar refractivity (Wildman–Crippen MR) is 100 cm³/mol. The molecular weight excluding hydrogens is 358 g/mol. The molecule has 0 bridgehead atoms. The molecular formula is C19H14ClNO3S. The van der Waals surface area contributed by atoms with Gasteiger partial charge in [0.2, 0.25) is 0 Å². The smallest absolute Gasteiger partial charge is 0.265 e. The molecule has 0 aliphatic rings. The van der Waals surface area contributed by atoms with Gasteiger partial charge >= 0.3 is 0 Å². The SMILES string of the molecule is CC(=O)c1ccc(C(=O)Nc2ccc(Oc3ccccc3Cl)cc2)s1. The van der Waals surface area contributed by atoms with Crippen LogP contribution in [0.3, 0.4) is 0 Å². The van der Waals surface area contributed by atoms with E-state index in [2.05, 4.69) is 5.32 Å². The summed E-state index contributed by atoms with van der Waals surface area (Å²) < 4.78 is 5.70. The molecule has 3 aromatic rings. The number of halogens is 1. The summed E-state index contributed by atoms with van der Waals surface area (Å²) in [5, 5.41) is 3.32. The van der Waals surface area contributed by atoms with Crippen LogP contribution < -0.4 is 10.1 Å². The highest BCUT2D eigenvalue weighted by Crippen LogP contribution is 2.29. The topological polar surface area (TPSA) is 55.4 Å². The first-order chi connectivity index (χ1) is 12.0. The van der Waals surface area contributed by atoms with Crippen LogP contribution in [0.15, 0.2) is 60.7 Å². The van der Waals surface area contributed by atoms with Gasteiger partial charge < -0.3 is 10.1 Å². The molecule has 0 saturated carbocycles. The van der Waals surface area contributed by atoms with Gasteiger partial charge in [0, 0.05) is 5.69 Å². The van der Waals surface area contributed by atoms with E-state index < -0.39 is 0 Å². The van der Waals surface area contributed by atoms with Crippen molar-refractivity contribution in [3.8, 4) is 11.5 Å². The number of hydrogen-bond acceptors (Lipinski definition) is 4. The number of thiophene rings is 1. The molecule has 4 nitrogen and oxygen atoms in total. The molecule has 126 valence electrons. The van der Waals surface area contributed by atoms with Crippen LogP contribution in [-0.4, -0.2) is 11.7 Å². The number of carbonyl (C=O) groups excluding carboxylic acids is 2. The van der Waals surface area contributed by atoms with Crippen molar-refractivity contribution in [2.24, 2.45) is 0 Å². The minimum Gasteiger partial charge on any atom is -0.456 e. The van der Waals surface area contributed by atoms with Crippen molar-refractivity contribution in [3.05, 3.63) is 75.4 Å². The first kappa shape index (κ1) is 17.2. The number of carbonyl (C=O) groups is 2. The Morgan fingerprint density at radius 3 is 2.28 bits per heavy atom. The predicted octanol–water partition coefficient (Wildman–Crippen LogP) is 5.65. The Bertz CT molecular complexity index is 918. The zero-order valence-electron chi connectivity index (χ0n) is 13.3. The van der Waals surface area contributed by atoms with E-state index in [4.69, 9.17) is 16.3 Å². The van der Waals surface area contributed by atoms with Crippen molar-refractivity contribution in [3.63, 3.8) is 0 Å². The minimum atomic E-state index is -0.253. The zero-order valence-corrected chi connectivity index (χ0v) is 14.9. The molecule has 0 spiro atoms. The maximum Gasteiger partial charge on any atom is 0.265 e. The minimum absolute atomic E-state index is 0.0508. The van der Waals surface area contributed by atoms with Gasteiger partial charge in [0.1, 0.15) is 11.5 Å². The van der Waals surface area contributed by atoms with Gasteiger partial charge in [0.15, 0.2) is 5.78 Å². The molecule has 1 amide bonds. The number of benzene rings is 2. The van der Waals surface area contributed by atoms with Crippen molar-refractivity contribution in [1.29, 1.82) is 0 Å². The summed E-state index contributed by atoms with van der Waals surface area (Å²) in [5.74, 6) is 0.875. The summed E-state index contributed by atoms with van der Waals surface area (Å²) in [4.78, 5) is 24.6. The molecule has 0 aliphatic carbocycles. The van der Waals surface area contributed by atoms with E-state index in [1.54, 1.807) is 48.5 Å². The van der Waals surface area contributed by atoms with Crippen molar-refractivity contribution in [2.75, 3.05) is 5.32 Å². The Hall–Kier alpha value is -2.63. The highest BCUT2D eigenvalue weighted by atomic mass is 35.5. The largest absolute Gasteiger partial charge is 0.456 e. The third-order valence-electron chi connectivity index (χ3n) is 3.35. The third-order valence-corrected chi connectivity index (χ3v) is 4.85. The second kappa shape index (κ2) is 7.51. The van der Waals surface area contributed by atoms with Gasteiger partial charge in [-0.15, -0.1) is 11.3 Å². The maximum atomic E-state index is 12.2. The second-order valence-electron chi connectivity index (χ2n) is 5.23. The quantitative estimate of drug-likeness (QED) is 0.589. The molecule has 2 aromatic carbocycles. The van der Waals surface area contributed by atoms with Gasteiger partial charge in [-0.1, -0.05) is 23.7 Å². The number of rotatable bonds is 5. The number of amides is 1. The average Bonchev–Trinajstić information content (AvgIpc) is 3.09. The normalized spacial score (nSPS) is 10.3. The number of ketones is 1. The highest BCUT2D eigenvalue weighted by molar-refractivity contribution is 7.16. The third kappa shape index (κ3) is 4.26. The van der Waals surface area contributed by atoms with E-state index >= 15 is 0 Å². The molecule has 3 rings (SSSR count). The lowest BCUT2D eigenvalue weighted by molar-refractivity contribution is 0.101. The van der Waals surface area contributed by atoms with Crippen LogP contribution in [0.25, 0.3) is 0 Å². The molecule has 1 heterocycles. The Kier molecular flexibility index (Phi) is 5.16. The zero-order chi connectivity index (χ0) is 17.8. The lowest BCUT2D eigenvalue weighted by Gasteiger charge is -2.08. The average molecular weight is 372 g/mol. The van der Waals surface area contributed by atoms with Gasteiger partial charge in [0.05, 0.1) is 14.8 Å². The van der Waals surface area contributed by atoms with Crippen molar-refractivity contribution >= 4 is 40.3 Å². The van der Waals surface area contributed by atoms with Crippen LogP contribution in [0.1, 0.15) is 26.3 Å². The molecule has 0 unspecified atom stereocenters. The number of anilines is 1. The van der Waals surface area contributed by atoms with Crippen molar-refractivity contribution < 1.29 is 14.3 Å². The van der Waals surface area contributed by atoms with E-state index in [-0.39, 0.29) is 11.7 Å². The number of para-hydroxylation sites is 1. The summed E-state index contributed by atoms with van der Waals surface area (Å²) in [5.41, 5.74) is 0.634. The van der Waals surface area contributed by atoms with Gasteiger partial charge in [-0.25, -0.2) is 0 Å². The fourth-order valence-electron chi connectivity index (χ4n) is 2.10. The molecule has 0 radical (unpaired) electrons. The standard InChI is InChI=1S/C19H14ClNO3S/c1-12(22)17-10-11-18(25-17)19(23)21-13-6-8-14(9-7-13)24-16-5-3-2-4-15(16)20/h2-11H,1H3,(H,21,23). The summed E-state index contributed by atoms with van der Waals surface area (Å²) in [7, 11) is 0. The van der Waals surface area contributed by atoms with Crippen LogP contribution >= 0.6 is 22.9 Å².